The lowest BCUT2D eigenvalue weighted by Gasteiger charge is -2.10. The zero-order chi connectivity index (χ0) is 20.8. The van der Waals surface area contributed by atoms with Gasteiger partial charge in [0.25, 0.3) is 0 Å². The fraction of sp³-hybridized carbons (Fsp3) is 0.227. The van der Waals surface area contributed by atoms with Gasteiger partial charge in [0.1, 0.15) is 10.8 Å². The molecule has 7 heteroatoms. The first-order valence-electron chi connectivity index (χ1n) is 9.26. The number of aryl methyl sites for hydroxylation is 1. The van der Waals surface area contributed by atoms with Gasteiger partial charge in [0, 0.05) is 29.8 Å². The van der Waals surface area contributed by atoms with Crippen LogP contribution >= 0.6 is 11.8 Å². The van der Waals surface area contributed by atoms with Gasteiger partial charge in [-0.2, -0.15) is 0 Å². The average molecular weight is 410 g/mol. The van der Waals surface area contributed by atoms with Gasteiger partial charge in [0.15, 0.2) is 0 Å². The highest BCUT2D eigenvalue weighted by atomic mass is 32.2. The summed E-state index contributed by atoms with van der Waals surface area (Å²) in [6, 6.07) is 14.9. The molecule has 1 aromatic heterocycles. The van der Waals surface area contributed by atoms with Gasteiger partial charge in [0.05, 0.1) is 18.4 Å². The molecule has 0 radical (unpaired) electrons. The normalized spacial score (nSPS) is 10.6. The zero-order valence-corrected chi connectivity index (χ0v) is 17.4. The third kappa shape index (κ3) is 5.48. The molecular weight excluding hydrogens is 386 g/mol. The van der Waals surface area contributed by atoms with Crippen molar-refractivity contribution in [3.8, 4) is 5.75 Å². The summed E-state index contributed by atoms with van der Waals surface area (Å²) in [5, 5.41) is 7.46. The van der Waals surface area contributed by atoms with E-state index in [1.54, 1.807) is 31.4 Å². The Kier molecular flexibility index (Phi) is 6.72. The van der Waals surface area contributed by atoms with Crippen LogP contribution in [-0.4, -0.2) is 29.7 Å². The Hall–Kier alpha value is -3.06. The molecular formula is C22H23N3O3S. The van der Waals surface area contributed by atoms with Crippen LogP contribution in [0.1, 0.15) is 19.4 Å². The van der Waals surface area contributed by atoms with Crippen molar-refractivity contribution in [3.63, 3.8) is 0 Å². The molecule has 0 fully saturated rings. The standard InChI is InChI=1S/C22H23N3O3S/c1-4-15-11-16-5-10-19(28-3)12-20(16)25-22(15)29-13-21(27)24-18-8-6-17(7-9-18)23-14(2)26/h5-12H,4,13H2,1-3H3,(H,23,26)(H,24,27). The number of aromatic nitrogens is 1. The molecule has 2 aromatic carbocycles. The van der Waals surface area contributed by atoms with Crippen LogP contribution in [0.25, 0.3) is 10.9 Å². The third-order valence-corrected chi connectivity index (χ3v) is 5.31. The molecule has 0 bridgehead atoms. The molecule has 0 aliphatic heterocycles. The molecule has 2 N–H and O–H groups in total. The second-order valence-corrected chi connectivity index (χ2v) is 7.42. The van der Waals surface area contributed by atoms with E-state index >= 15 is 0 Å². The Labute approximate surface area is 174 Å². The molecule has 0 unspecified atom stereocenters. The second-order valence-electron chi connectivity index (χ2n) is 6.46. The number of nitrogens with one attached hydrogen (secondary N) is 2. The summed E-state index contributed by atoms with van der Waals surface area (Å²) in [7, 11) is 1.63. The van der Waals surface area contributed by atoms with E-state index in [9.17, 15) is 9.59 Å². The number of carbonyl (C=O) groups excluding carboxylic acids is 2. The van der Waals surface area contributed by atoms with Gasteiger partial charge < -0.3 is 15.4 Å². The summed E-state index contributed by atoms with van der Waals surface area (Å²) >= 11 is 1.42. The van der Waals surface area contributed by atoms with E-state index in [1.807, 2.05) is 18.2 Å². The molecule has 0 atom stereocenters. The van der Waals surface area contributed by atoms with E-state index in [0.717, 1.165) is 33.7 Å². The maximum atomic E-state index is 12.4. The molecule has 1 heterocycles. The zero-order valence-electron chi connectivity index (χ0n) is 16.6. The maximum Gasteiger partial charge on any atom is 0.234 e. The molecule has 0 saturated carbocycles. The molecule has 3 rings (SSSR count). The van der Waals surface area contributed by atoms with Crippen molar-refractivity contribution in [2.24, 2.45) is 0 Å². The first-order valence-corrected chi connectivity index (χ1v) is 10.2. The van der Waals surface area contributed by atoms with Crippen LogP contribution in [0.3, 0.4) is 0 Å². The van der Waals surface area contributed by atoms with Crippen LogP contribution in [0.2, 0.25) is 0 Å². The smallest absolute Gasteiger partial charge is 0.234 e. The number of thioether (sulfide) groups is 1. The minimum atomic E-state index is -0.134. The Bertz CT molecular complexity index is 1040. The monoisotopic (exact) mass is 409 g/mol. The Morgan fingerprint density at radius 3 is 2.34 bits per heavy atom. The molecule has 150 valence electrons. The molecule has 3 aromatic rings. The highest BCUT2D eigenvalue weighted by Crippen LogP contribution is 2.28. The number of carbonyl (C=O) groups is 2. The quantitative estimate of drug-likeness (QED) is 0.562. The lowest BCUT2D eigenvalue weighted by atomic mass is 10.1. The summed E-state index contributed by atoms with van der Waals surface area (Å²) in [6.07, 6.45) is 0.837. The number of ether oxygens (including phenoxy) is 1. The molecule has 6 nitrogen and oxygen atoms in total. The largest absolute Gasteiger partial charge is 0.497 e. The van der Waals surface area contributed by atoms with Gasteiger partial charge in [-0.25, -0.2) is 4.98 Å². The molecule has 2 amide bonds. The Balaban J connectivity index is 1.67. The number of anilines is 2. The van der Waals surface area contributed by atoms with Crippen LogP contribution < -0.4 is 15.4 Å². The predicted octanol–water partition coefficient (Wildman–Crippen LogP) is 4.50. The minimum absolute atomic E-state index is 0.114. The molecule has 0 saturated heterocycles. The first-order chi connectivity index (χ1) is 14.0. The number of fused-ring (bicyclic) bond motifs is 1. The number of hydrogen-bond donors (Lipinski definition) is 2. The van der Waals surface area contributed by atoms with Crippen molar-refractivity contribution < 1.29 is 14.3 Å². The maximum absolute atomic E-state index is 12.4. The number of nitrogens with zero attached hydrogens (tertiary/aromatic N) is 1. The van der Waals surface area contributed by atoms with Gasteiger partial charge in [-0.1, -0.05) is 18.7 Å². The topological polar surface area (TPSA) is 80.3 Å². The van der Waals surface area contributed by atoms with Crippen LogP contribution in [-0.2, 0) is 16.0 Å². The number of benzene rings is 2. The SMILES string of the molecule is CCc1cc2ccc(OC)cc2nc1SCC(=O)Nc1ccc(NC(C)=O)cc1. The molecule has 0 aliphatic rings. The van der Waals surface area contributed by atoms with Crippen LogP contribution in [0.15, 0.2) is 53.6 Å². The highest BCUT2D eigenvalue weighted by molar-refractivity contribution is 8.00. The van der Waals surface area contributed by atoms with Crippen molar-refractivity contribution in [3.05, 3.63) is 54.1 Å². The van der Waals surface area contributed by atoms with E-state index in [0.29, 0.717) is 11.4 Å². The van der Waals surface area contributed by atoms with Gasteiger partial charge in [0.2, 0.25) is 11.8 Å². The van der Waals surface area contributed by atoms with Crippen LogP contribution in [0, 0.1) is 0 Å². The fourth-order valence-electron chi connectivity index (χ4n) is 2.85. The summed E-state index contributed by atoms with van der Waals surface area (Å²) < 4.78 is 5.28. The van der Waals surface area contributed by atoms with Crippen molar-refractivity contribution in [1.29, 1.82) is 0 Å². The Morgan fingerprint density at radius 2 is 1.72 bits per heavy atom. The van der Waals surface area contributed by atoms with E-state index in [4.69, 9.17) is 9.72 Å². The number of methoxy groups -OCH3 is 1. The highest BCUT2D eigenvalue weighted by Gasteiger charge is 2.10. The fourth-order valence-corrected chi connectivity index (χ4v) is 3.74. The van der Waals surface area contributed by atoms with Gasteiger partial charge >= 0.3 is 0 Å². The van der Waals surface area contributed by atoms with Crippen LogP contribution in [0.5, 0.6) is 5.75 Å². The van der Waals surface area contributed by atoms with Crippen LogP contribution in [0.4, 0.5) is 11.4 Å². The van der Waals surface area contributed by atoms with Gasteiger partial charge in [-0.15, -0.1) is 0 Å². The van der Waals surface area contributed by atoms with E-state index in [2.05, 4.69) is 23.6 Å². The summed E-state index contributed by atoms with van der Waals surface area (Å²) in [5.41, 5.74) is 3.32. The van der Waals surface area contributed by atoms with Crippen molar-refractivity contribution in [2.45, 2.75) is 25.3 Å². The second kappa shape index (κ2) is 9.43. The molecule has 0 spiro atoms. The van der Waals surface area contributed by atoms with Crippen molar-refractivity contribution in [2.75, 3.05) is 23.5 Å². The number of amides is 2. The lowest BCUT2D eigenvalue weighted by molar-refractivity contribution is -0.114. The van der Waals surface area contributed by atoms with Gasteiger partial charge in [-0.3, -0.25) is 9.59 Å². The van der Waals surface area contributed by atoms with Crippen molar-refractivity contribution in [1.82, 2.24) is 4.98 Å². The van der Waals surface area contributed by atoms with Crippen molar-refractivity contribution >= 4 is 45.9 Å². The molecule has 0 aliphatic carbocycles. The van der Waals surface area contributed by atoms with Gasteiger partial charge in [-0.05, 0) is 54.4 Å². The first kappa shape index (κ1) is 20.7. The minimum Gasteiger partial charge on any atom is -0.497 e. The number of pyridine rings is 1. The Morgan fingerprint density at radius 1 is 1.03 bits per heavy atom. The summed E-state index contributed by atoms with van der Waals surface area (Å²) in [6.45, 7) is 3.53. The van der Waals surface area contributed by atoms with E-state index in [-0.39, 0.29) is 17.6 Å². The number of rotatable bonds is 7. The van der Waals surface area contributed by atoms with E-state index < -0.39 is 0 Å². The predicted molar refractivity (Wildman–Crippen MR) is 118 cm³/mol. The number of hydrogen-bond acceptors (Lipinski definition) is 5. The van der Waals surface area contributed by atoms with E-state index in [1.165, 1.54) is 18.7 Å². The lowest BCUT2D eigenvalue weighted by Crippen LogP contribution is -2.14. The average Bonchev–Trinajstić information content (AvgIpc) is 2.72. The summed E-state index contributed by atoms with van der Waals surface area (Å²) in [4.78, 5) is 28.2. The molecule has 29 heavy (non-hydrogen) atoms. The summed E-state index contributed by atoms with van der Waals surface area (Å²) in [5.74, 6) is 0.760. The third-order valence-electron chi connectivity index (χ3n) is 4.27.